The van der Waals surface area contributed by atoms with Crippen LogP contribution in [0.4, 0.5) is 11.4 Å². The number of hydrogen-bond donors (Lipinski definition) is 1. The number of alkyl halides is 1. The van der Waals surface area contributed by atoms with E-state index in [-0.39, 0.29) is 17.5 Å². The molecule has 1 heterocycles. The van der Waals surface area contributed by atoms with Crippen molar-refractivity contribution in [3.05, 3.63) is 18.2 Å². The standard InChI is InChI=1S/C10H9ClN2O2S/c11-4-9(14)13-7-3-6(12)1-2-8(7)16-5-10(13)15/h1-3H,4-5,12H2. The molecule has 1 aliphatic heterocycles. The third-order valence-corrected chi connectivity index (χ3v) is 3.46. The Kier molecular flexibility index (Phi) is 3.07. The van der Waals surface area contributed by atoms with Crippen LogP contribution in [-0.2, 0) is 9.59 Å². The van der Waals surface area contributed by atoms with Crippen LogP contribution < -0.4 is 10.6 Å². The van der Waals surface area contributed by atoms with E-state index in [0.717, 1.165) is 9.80 Å². The fourth-order valence-corrected chi connectivity index (χ4v) is 2.49. The molecule has 0 unspecified atom stereocenters. The Morgan fingerprint density at radius 2 is 2.31 bits per heavy atom. The Morgan fingerprint density at radius 3 is 3.00 bits per heavy atom. The predicted molar refractivity (Wildman–Crippen MR) is 64.8 cm³/mol. The first kappa shape index (κ1) is 11.3. The van der Waals surface area contributed by atoms with Gasteiger partial charge >= 0.3 is 0 Å². The van der Waals surface area contributed by atoms with Gasteiger partial charge in [0.05, 0.1) is 11.4 Å². The molecule has 16 heavy (non-hydrogen) atoms. The number of rotatable bonds is 1. The summed E-state index contributed by atoms with van der Waals surface area (Å²) in [5.41, 5.74) is 6.69. The van der Waals surface area contributed by atoms with Crippen LogP contribution in [0.2, 0.25) is 0 Å². The minimum atomic E-state index is -0.418. The largest absolute Gasteiger partial charge is 0.399 e. The van der Waals surface area contributed by atoms with E-state index in [1.807, 2.05) is 0 Å². The molecule has 0 spiro atoms. The molecule has 2 N–H and O–H groups in total. The van der Waals surface area contributed by atoms with Gasteiger partial charge in [-0.3, -0.25) is 9.59 Å². The molecule has 84 valence electrons. The van der Waals surface area contributed by atoms with Crippen LogP contribution >= 0.6 is 23.4 Å². The maximum Gasteiger partial charge on any atom is 0.248 e. The summed E-state index contributed by atoms with van der Waals surface area (Å²) in [7, 11) is 0. The van der Waals surface area contributed by atoms with Gasteiger partial charge in [-0.2, -0.15) is 0 Å². The number of halogens is 1. The summed E-state index contributed by atoms with van der Waals surface area (Å²) in [4.78, 5) is 25.2. The van der Waals surface area contributed by atoms with Crippen molar-refractivity contribution in [1.82, 2.24) is 0 Å². The van der Waals surface area contributed by atoms with Gasteiger partial charge in [0.1, 0.15) is 5.88 Å². The number of fused-ring (bicyclic) bond motifs is 1. The summed E-state index contributed by atoms with van der Waals surface area (Å²) in [5.74, 6) is -0.642. The lowest BCUT2D eigenvalue weighted by Gasteiger charge is -2.26. The summed E-state index contributed by atoms with van der Waals surface area (Å²) in [6.07, 6.45) is 0. The molecule has 2 rings (SSSR count). The Hall–Kier alpha value is -1.20. The summed E-state index contributed by atoms with van der Waals surface area (Å²) >= 11 is 6.87. The molecule has 0 fully saturated rings. The molecule has 0 atom stereocenters. The van der Waals surface area contributed by atoms with Crippen LogP contribution in [-0.4, -0.2) is 23.4 Å². The molecule has 1 aliphatic rings. The highest BCUT2D eigenvalue weighted by atomic mass is 35.5. The highest BCUT2D eigenvalue weighted by molar-refractivity contribution is 8.00. The molecule has 0 aromatic heterocycles. The van der Waals surface area contributed by atoms with Crippen molar-refractivity contribution in [2.24, 2.45) is 0 Å². The van der Waals surface area contributed by atoms with E-state index in [2.05, 4.69) is 0 Å². The summed E-state index contributed by atoms with van der Waals surface area (Å²) in [6, 6.07) is 5.16. The first-order valence-corrected chi connectivity index (χ1v) is 6.09. The van der Waals surface area contributed by atoms with Gasteiger partial charge in [0.2, 0.25) is 11.8 Å². The number of anilines is 2. The van der Waals surface area contributed by atoms with Gasteiger partial charge in [0.25, 0.3) is 0 Å². The maximum atomic E-state index is 11.7. The molecular formula is C10H9ClN2O2S. The van der Waals surface area contributed by atoms with Crippen LogP contribution in [0.1, 0.15) is 0 Å². The van der Waals surface area contributed by atoms with Crippen molar-refractivity contribution in [3.63, 3.8) is 0 Å². The number of nitrogen functional groups attached to an aromatic ring is 1. The molecule has 0 bridgehead atoms. The van der Waals surface area contributed by atoms with Crippen LogP contribution in [0.25, 0.3) is 0 Å². The second-order valence-electron chi connectivity index (χ2n) is 3.27. The van der Waals surface area contributed by atoms with E-state index in [4.69, 9.17) is 17.3 Å². The van der Waals surface area contributed by atoms with Crippen molar-refractivity contribution < 1.29 is 9.59 Å². The number of nitrogens with zero attached hydrogens (tertiary/aromatic N) is 1. The first-order chi connectivity index (χ1) is 7.63. The minimum absolute atomic E-state index is 0.218. The maximum absolute atomic E-state index is 11.7. The third-order valence-electron chi connectivity index (χ3n) is 2.19. The van der Waals surface area contributed by atoms with Crippen molar-refractivity contribution in [3.8, 4) is 0 Å². The Morgan fingerprint density at radius 1 is 1.56 bits per heavy atom. The van der Waals surface area contributed by atoms with Gasteiger partial charge in [-0.25, -0.2) is 4.90 Å². The van der Waals surface area contributed by atoms with Gasteiger partial charge < -0.3 is 5.73 Å². The van der Waals surface area contributed by atoms with Crippen LogP contribution in [0.5, 0.6) is 0 Å². The Balaban J connectivity index is 2.50. The second-order valence-corrected chi connectivity index (χ2v) is 4.56. The lowest BCUT2D eigenvalue weighted by atomic mass is 10.2. The molecule has 4 nitrogen and oxygen atoms in total. The minimum Gasteiger partial charge on any atom is -0.399 e. The van der Waals surface area contributed by atoms with E-state index in [0.29, 0.717) is 11.4 Å². The van der Waals surface area contributed by atoms with E-state index in [9.17, 15) is 9.59 Å². The molecule has 0 radical (unpaired) electrons. The number of thioether (sulfide) groups is 1. The summed E-state index contributed by atoms with van der Waals surface area (Å²) in [6.45, 7) is 0. The number of carbonyl (C=O) groups is 2. The number of benzene rings is 1. The van der Waals surface area contributed by atoms with E-state index < -0.39 is 5.91 Å². The zero-order valence-corrected chi connectivity index (χ0v) is 9.85. The molecule has 0 saturated carbocycles. The fraction of sp³-hybridized carbons (Fsp3) is 0.200. The van der Waals surface area contributed by atoms with Crippen molar-refractivity contribution in [2.45, 2.75) is 4.90 Å². The van der Waals surface area contributed by atoms with E-state index >= 15 is 0 Å². The predicted octanol–water partition coefficient (Wildman–Crippen LogP) is 1.47. The zero-order valence-electron chi connectivity index (χ0n) is 8.27. The molecule has 0 saturated heterocycles. The SMILES string of the molecule is Nc1ccc2c(c1)N(C(=O)CCl)C(=O)CS2. The molecule has 1 aromatic carbocycles. The van der Waals surface area contributed by atoms with Crippen molar-refractivity contribution in [2.75, 3.05) is 22.3 Å². The highest BCUT2D eigenvalue weighted by Gasteiger charge is 2.29. The summed E-state index contributed by atoms with van der Waals surface area (Å²) in [5, 5.41) is 0. The third kappa shape index (κ3) is 1.88. The smallest absolute Gasteiger partial charge is 0.248 e. The molecule has 0 aliphatic carbocycles. The van der Waals surface area contributed by atoms with Crippen LogP contribution in [0, 0.1) is 0 Å². The normalized spacial score (nSPS) is 14.8. The monoisotopic (exact) mass is 256 g/mol. The average molecular weight is 257 g/mol. The molecular weight excluding hydrogens is 248 g/mol. The van der Waals surface area contributed by atoms with Gasteiger partial charge in [0.15, 0.2) is 0 Å². The topological polar surface area (TPSA) is 63.4 Å². The van der Waals surface area contributed by atoms with Gasteiger partial charge in [-0.05, 0) is 18.2 Å². The summed E-state index contributed by atoms with van der Waals surface area (Å²) < 4.78 is 0. The van der Waals surface area contributed by atoms with Crippen LogP contribution in [0.15, 0.2) is 23.1 Å². The average Bonchev–Trinajstić information content (AvgIpc) is 2.28. The number of carbonyl (C=O) groups excluding carboxylic acids is 2. The van der Waals surface area contributed by atoms with E-state index in [1.165, 1.54) is 11.8 Å². The lowest BCUT2D eigenvalue weighted by Crippen LogP contribution is -2.41. The van der Waals surface area contributed by atoms with E-state index in [1.54, 1.807) is 18.2 Å². The van der Waals surface area contributed by atoms with Crippen molar-refractivity contribution >= 4 is 46.6 Å². The number of nitrogens with two attached hydrogens (primary N) is 1. The Bertz CT molecular complexity index is 464. The van der Waals surface area contributed by atoms with Gasteiger partial charge in [-0.15, -0.1) is 23.4 Å². The Labute approximate surface area is 102 Å². The molecule has 2 amide bonds. The first-order valence-electron chi connectivity index (χ1n) is 4.57. The molecule has 6 heteroatoms. The zero-order chi connectivity index (χ0) is 11.7. The number of hydrogen-bond acceptors (Lipinski definition) is 4. The lowest BCUT2D eigenvalue weighted by molar-refractivity contribution is -0.123. The number of amides is 2. The fourth-order valence-electron chi connectivity index (χ4n) is 1.50. The highest BCUT2D eigenvalue weighted by Crippen LogP contribution is 2.36. The number of imide groups is 1. The van der Waals surface area contributed by atoms with Gasteiger partial charge in [0, 0.05) is 10.6 Å². The second kappa shape index (κ2) is 4.35. The van der Waals surface area contributed by atoms with Crippen molar-refractivity contribution in [1.29, 1.82) is 0 Å². The van der Waals surface area contributed by atoms with Gasteiger partial charge in [-0.1, -0.05) is 0 Å². The molecule has 1 aromatic rings. The van der Waals surface area contributed by atoms with Crippen LogP contribution in [0.3, 0.4) is 0 Å². The quantitative estimate of drug-likeness (QED) is 0.611.